The van der Waals surface area contributed by atoms with E-state index < -0.39 is 41.0 Å². The first-order chi connectivity index (χ1) is 22.1. The van der Waals surface area contributed by atoms with Crippen molar-refractivity contribution in [3.63, 3.8) is 0 Å². The Balaban J connectivity index is 1.59. The Morgan fingerprint density at radius 2 is 1.54 bits per heavy atom. The number of hydrogen-bond acceptors (Lipinski definition) is 9. The molecule has 3 aromatic carbocycles. The van der Waals surface area contributed by atoms with E-state index in [1.807, 2.05) is 85.8 Å². The van der Waals surface area contributed by atoms with Crippen molar-refractivity contribution in [2.45, 2.75) is 44.3 Å². The Bertz CT molecular complexity index is 1730. The van der Waals surface area contributed by atoms with Crippen LogP contribution in [-0.2, 0) is 31.4 Å². The normalized spacial score (nSPS) is 19.5. The molecule has 244 valence electrons. The summed E-state index contributed by atoms with van der Waals surface area (Å²) in [5.41, 5.74) is -2.57. The van der Waals surface area contributed by atoms with Gasteiger partial charge < -0.3 is 28.4 Å². The van der Waals surface area contributed by atoms with Crippen LogP contribution in [0.15, 0.2) is 94.6 Å². The molecule has 1 unspecified atom stereocenters. The van der Waals surface area contributed by atoms with Crippen LogP contribution in [0, 0.1) is 6.92 Å². The lowest BCUT2D eigenvalue weighted by molar-refractivity contribution is -0.0913. The van der Waals surface area contributed by atoms with Gasteiger partial charge in [0.15, 0.2) is 0 Å². The molecule has 2 heterocycles. The fourth-order valence-electron chi connectivity index (χ4n) is 5.58. The molecule has 5 rings (SSSR count). The van der Waals surface area contributed by atoms with E-state index in [-0.39, 0.29) is 13.0 Å². The maximum absolute atomic E-state index is 12.8. The van der Waals surface area contributed by atoms with Gasteiger partial charge in [-0.1, -0.05) is 72.9 Å². The van der Waals surface area contributed by atoms with Crippen LogP contribution in [-0.4, -0.2) is 53.2 Å². The van der Waals surface area contributed by atoms with Crippen molar-refractivity contribution in [3.05, 3.63) is 128 Å². The first-order valence-electron chi connectivity index (χ1n) is 14.7. The minimum absolute atomic E-state index is 0.00265. The van der Waals surface area contributed by atoms with E-state index >= 15 is 0 Å². The molecule has 1 aliphatic heterocycles. The van der Waals surface area contributed by atoms with Crippen LogP contribution in [0.2, 0.25) is 0 Å². The highest BCUT2D eigenvalue weighted by Crippen LogP contribution is 2.58. The maximum Gasteiger partial charge on any atom is 0.330 e. The molecule has 10 nitrogen and oxygen atoms in total. The molecule has 4 aromatic rings. The van der Waals surface area contributed by atoms with Gasteiger partial charge in [0, 0.05) is 18.2 Å². The van der Waals surface area contributed by atoms with E-state index in [1.165, 1.54) is 22.1 Å². The number of rotatable bonds is 13. The fourth-order valence-corrected chi connectivity index (χ4v) is 9.30. The minimum atomic E-state index is -3.24. The highest BCUT2D eigenvalue weighted by atomic mass is 32.9. The molecule has 0 aliphatic carbocycles. The first kappa shape index (κ1) is 34.1. The van der Waals surface area contributed by atoms with E-state index in [0.29, 0.717) is 22.8 Å². The van der Waals surface area contributed by atoms with Gasteiger partial charge in [-0.3, -0.25) is 14.3 Å². The SMILES string of the molecule is CCSP(O)(=S)O[C@H]1C[C@H](n2cc(C)c(=O)[nH]c2=O)O[C@@H]1COC(c1ccccc1)(c1ccc(OC)cc1)c1ccc(OC)cc1. The van der Waals surface area contributed by atoms with Crippen LogP contribution >= 0.6 is 17.1 Å². The highest BCUT2D eigenvalue weighted by Gasteiger charge is 2.44. The third kappa shape index (κ3) is 7.34. The number of benzene rings is 3. The summed E-state index contributed by atoms with van der Waals surface area (Å²) in [7, 11) is 3.23. The van der Waals surface area contributed by atoms with Gasteiger partial charge in [-0.2, -0.15) is 0 Å². The van der Waals surface area contributed by atoms with Crippen LogP contribution < -0.4 is 20.7 Å². The van der Waals surface area contributed by atoms with Gasteiger partial charge in [0.25, 0.3) is 5.56 Å². The van der Waals surface area contributed by atoms with Crippen molar-refractivity contribution in [1.29, 1.82) is 0 Å². The molecule has 4 atom stereocenters. The number of nitrogens with one attached hydrogen (secondary N) is 1. The lowest BCUT2D eigenvalue weighted by Gasteiger charge is -2.37. The van der Waals surface area contributed by atoms with Crippen molar-refractivity contribution in [2.75, 3.05) is 26.6 Å². The summed E-state index contributed by atoms with van der Waals surface area (Å²) in [6.07, 6.45) is -0.581. The number of aromatic amines is 1. The monoisotopic (exact) mass is 684 g/mol. The van der Waals surface area contributed by atoms with E-state index in [4.69, 9.17) is 35.3 Å². The standard InChI is InChI=1S/C33H37N2O8PS2/c1-5-46-44(38,45)43-28-19-30(35-20-22(2)31(36)34-32(35)37)42-29(28)21-41-33(23-9-7-6-8-10-23,24-11-15-26(39-3)16-12-24)25-13-17-27(40-4)18-14-25/h6-18,20,28-30H,5,19,21H2,1-4H3,(H,38,45)(H,34,36,37)/t28-,29+,30+,44?/m0/s1. The Hall–Kier alpha value is -3.22. The largest absolute Gasteiger partial charge is 0.497 e. The summed E-state index contributed by atoms with van der Waals surface area (Å²) in [6.45, 7) is 3.50. The molecule has 46 heavy (non-hydrogen) atoms. The second-order valence-corrected chi connectivity index (χ2v) is 17.1. The molecule has 0 bridgehead atoms. The molecule has 13 heteroatoms. The summed E-state index contributed by atoms with van der Waals surface area (Å²) < 4.78 is 31.9. The van der Waals surface area contributed by atoms with Gasteiger partial charge >= 0.3 is 5.69 Å². The molecule has 2 N–H and O–H groups in total. The molecule has 0 saturated carbocycles. The molecule has 1 fully saturated rings. The fraction of sp³-hybridized carbons (Fsp3) is 0.333. The molecular formula is C33H37N2O8PS2. The number of hydrogen-bond donors (Lipinski definition) is 2. The summed E-state index contributed by atoms with van der Waals surface area (Å²) in [6, 6.07) is 25.2. The summed E-state index contributed by atoms with van der Waals surface area (Å²) in [5.74, 6) is 1.95. The van der Waals surface area contributed by atoms with Crippen molar-refractivity contribution >= 4 is 28.9 Å². The lowest BCUT2D eigenvalue weighted by atomic mass is 9.80. The Morgan fingerprint density at radius 3 is 2.09 bits per heavy atom. The van der Waals surface area contributed by atoms with Gasteiger partial charge in [0.1, 0.15) is 29.4 Å². The second-order valence-electron chi connectivity index (χ2n) is 10.7. The van der Waals surface area contributed by atoms with Crippen LogP contribution in [0.4, 0.5) is 0 Å². The average molecular weight is 685 g/mol. The third-order valence-electron chi connectivity index (χ3n) is 7.83. The molecule has 1 aliphatic rings. The van der Waals surface area contributed by atoms with E-state index in [1.54, 1.807) is 21.1 Å². The second kappa shape index (κ2) is 14.7. The maximum atomic E-state index is 12.8. The van der Waals surface area contributed by atoms with Crippen LogP contribution in [0.5, 0.6) is 11.5 Å². The lowest BCUT2D eigenvalue weighted by Crippen LogP contribution is -2.38. The molecular weight excluding hydrogens is 647 g/mol. The quantitative estimate of drug-likeness (QED) is 0.138. The van der Waals surface area contributed by atoms with Gasteiger partial charge in [-0.25, -0.2) is 4.79 Å². The smallest absolute Gasteiger partial charge is 0.330 e. The number of methoxy groups -OCH3 is 2. The number of aromatic nitrogens is 2. The molecule has 1 saturated heterocycles. The first-order valence-corrected chi connectivity index (χ1v) is 19.0. The summed E-state index contributed by atoms with van der Waals surface area (Å²) >= 11 is 6.63. The highest BCUT2D eigenvalue weighted by molar-refractivity contribution is 8.67. The Morgan fingerprint density at radius 1 is 0.978 bits per heavy atom. The molecule has 1 aromatic heterocycles. The zero-order chi connectivity index (χ0) is 32.9. The molecule has 0 spiro atoms. The van der Waals surface area contributed by atoms with Crippen LogP contribution in [0.1, 0.15) is 41.8 Å². The number of nitrogens with zero attached hydrogens (tertiary/aromatic N) is 1. The van der Waals surface area contributed by atoms with Crippen molar-refractivity contribution in [3.8, 4) is 11.5 Å². The summed E-state index contributed by atoms with van der Waals surface area (Å²) in [5, 5.41) is 0. The number of ether oxygens (including phenoxy) is 4. The zero-order valence-corrected chi connectivity index (χ0v) is 28.5. The number of aryl methyl sites for hydroxylation is 1. The predicted molar refractivity (Wildman–Crippen MR) is 182 cm³/mol. The topological polar surface area (TPSA) is 121 Å². The predicted octanol–water partition coefficient (Wildman–Crippen LogP) is 5.51. The molecule has 0 radical (unpaired) electrons. The van der Waals surface area contributed by atoms with Crippen LogP contribution in [0.25, 0.3) is 0 Å². The van der Waals surface area contributed by atoms with Crippen molar-refractivity contribution < 1.29 is 28.4 Å². The van der Waals surface area contributed by atoms with Crippen molar-refractivity contribution in [1.82, 2.24) is 9.55 Å². The Labute approximate surface area is 276 Å². The molecule has 0 amide bonds. The van der Waals surface area contributed by atoms with Gasteiger partial charge in [-0.15, -0.1) is 0 Å². The van der Waals surface area contributed by atoms with E-state index in [9.17, 15) is 14.5 Å². The number of H-pyrrole nitrogens is 1. The van der Waals surface area contributed by atoms with Gasteiger partial charge in [0.05, 0.1) is 26.9 Å². The van der Waals surface area contributed by atoms with Gasteiger partial charge in [-0.05, 0) is 65.4 Å². The van der Waals surface area contributed by atoms with Gasteiger partial charge in [0.2, 0.25) is 5.69 Å². The zero-order valence-electron chi connectivity index (χ0n) is 26.0. The Kier molecular flexibility index (Phi) is 10.9. The van der Waals surface area contributed by atoms with Crippen LogP contribution in [0.3, 0.4) is 0 Å². The summed E-state index contributed by atoms with van der Waals surface area (Å²) in [4.78, 5) is 38.2. The van der Waals surface area contributed by atoms with E-state index in [0.717, 1.165) is 16.7 Å². The average Bonchev–Trinajstić information content (AvgIpc) is 3.45. The van der Waals surface area contributed by atoms with E-state index in [2.05, 4.69) is 4.98 Å². The van der Waals surface area contributed by atoms with Crippen molar-refractivity contribution in [2.24, 2.45) is 0 Å². The minimum Gasteiger partial charge on any atom is -0.497 e. The third-order valence-corrected chi connectivity index (χ3v) is 12.2.